The van der Waals surface area contributed by atoms with Gasteiger partial charge in [0.05, 0.1) is 10.6 Å². The normalized spacial score (nSPS) is 15.1. The quantitative estimate of drug-likeness (QED) is 0.606. The Morgan fingerprint density at radius 1 is 1.27 bits per heavy atom. The lowest BCUT2D eigenvalue weighted by molar-refractivity contribution is -0.139. The van der Waals surface area contributed by atoms with Gasteiger partial charge in [0.2, 0.25) is 0 Å². The van der Waals surface area contributed by atoms with Crippen molar-refractivity contribution in [3.8, 4) is 0 Å². The van der Waals surface area contributed by atoms with E-state index >= 15 is 0 Å². The molecule has 0 radical (unpaired) electrons. The van der Waals surface area contributed by atoms with Crippen molar-refractivity contribution < 1.29 is 19.5 Å². The molecule has 26 heavy (non-hydrogen) atoms. The number of rotatable bonds is 6. The van der Waals surface area contributed by atoms with Crippen LogP contribution >= 0.6 is 11.6 Å². The van der Waals surface area contributed by atoms with Gasteiger partial charge in [-0.3, -0.25) is 4.79 Å². The number of carboxylic acids is 1. The Bertz CT molecular complexity index is 711. The second-order valence-corrected chi connectivity index (χ2v) is 7.97. The highest BCUT2D eigenvalue weighted by Gasteiger charge is 2.30. The molecule has 0 aromatic heterocycles. The lowest BCUT2D eigenvalue weighted by Crippen LogP contribution is -2.43. The molecule has 1 aliphatic carbocycles. The maximum atomic E-state index is 12.5. The van der Waals surface area contributed by atoms with Crippen molar-refractivity contribution in [2.75, 3.05) is 5.32 Å². The number of nitrogens with one attached hydrogen (secondary N) is 3. The van der Waals surface area contributed by atoms with E-state index in [2.05, 4.69) is 16.0 Å². The van der Waals surface area contributed by atoms with Crippen molar-refractivity contribution in [3.63, 3.8) is 0 Å². The molecule has 1 aromatic rings. The average Bonchev–Trinajstić information content (AvgIpc) is 3.30. The molecular weight excluding hydrogens is 358 g/mol. The summed E-state index contributed by atoms with van der Waals surface area (Å²) in [5.74, 6) is -1.30. The molecule has 1 aromatic carbocycles. The summed E-state index contributed by atoms with van der Waals surface area (Å²) in [5.41, 5.74) is 0.0893. The van der Waals surface area contributed by atoms with Crippen LogP contribution in [0.1, 0.15) is 50.4 Å². The van der Waals surface area contributed by atoms with Gasteiger partial charge in [-0.25, -0.2) is 9.59 Å². The predicted molar refractivity (Wildman–Crippen MR) is 99.6 cm³/mol. The summed E-state index contributed by atoms with van der Waals surface area (Å²) < 4.78 is 0. The van der Waals surface area contributed by atoms with Gasteiger partial charge in [0.25, 0.3) is 5.91 Å². The Morgan fingerprint density at radius 3 is 2.46 bits per heavy atom. The lowest BCUT2D eigenvalue weighted by Gasteiger charge is -2.21. The molecule has 7 nitrogen and oxygen atoms in total. The second kappa shape index (κ2) is 7.95. The Morgan fingerprint density at radius 2 is 1.92 bits per heavy atom. The number of halogens is 1. The molecule has 2 rings (SSSR count). The minimum Gasteiger partial charge on any atom is -0.480 e. The lowest BCUT2D eigenvalue weighted by atomic mass is 10.1. The minimum atomic E-state index is -1.07. The van der Waals surface area contributed by atoms with Gasteiger partial charge in [0.15, 0.2) is 0 Å². The first-order chi connectivity index (χ1) is 12.0. The molecule has 0 bridgehead atoms. The summed E-state index contributed by atoms with van der Waals surface area (Å²) in [6, 6.07) is 3.12. The van der Waals surface area contributed by atoms with E-state index in [-0.39, 0.29) is 10.6 Å². The zero-order valence-electron chi connectivity index (χ0n) is 15.1. The number of anilines is 1. The molecule has 1 aliphatic rings. The van der Waals surface area contributed by atoms with Crippen LogP contribution in [0.3, 0.4) is 0 Å². The molecule has 1 unspecified atom stereocenters. The van der Waals surface area contributed by atoms with E-state index in [4.69, 9.17) is 11.6 Å². The standard InChI is InChI=1S/C18H24ClN3O4/c1-18(2,3)22-17(26)20-11-6-7-13(19)12(9-11)15(23)21-14(16(24)25)8-10-4-5-10/h6-7,9-10,14H,4-5,8H2,1-3H3,(H,21,23)(H,24,25)(H2,20,22,26). The maximum absolute atomic E-state index is 12.5. The molecule has 0 aliphatic heterocycles. The molecule has 0 saturated heterocycles. The van der Waals surface area contributed by atoms with E-state index in [0.29, 0.717) is 18.0 Å². The monoisotopic (exact) mass is 381 g/mol. The van der Waals surface area contributed by atoms with Crippen LogP contribution in [0.5, 0.6) is 0 Å². The van der Waals surface area contributed by atoms with Gasteiger partial charge in [-0.1, -0.05) is 24.4 Å². The zero-order chi connectivity index (χ0) is 19.5. The van der Waals surface area contributed by atoms with Crippen molar-refractivity contribution in [2.24, 2.45) is 5.92 Å². The van der Waals surface area contributed by atoms with Crippen LogP contribution in [-0.2, 0) is 4.79 Å². The van der Waals surface area contributed by atoms with Crippen LogP contribution in [-0.4, -0.2) is 34.6 Å². The Kier molecular flexibility index (Phi) is 6.13. The van der Waals surface area contributed by atoms with E-state index in [1.54, 1.807) is 6.07 Å². The third-order valence-electron chi connectivity index (χ3n) is 3.83. The van der Waals surface area contributed by atoms with Crippen molar-refractivity contribution in [3.05, 3.63) is 28.8 Å². The second-order valence-electron chi connectivity index (χ2n) is 7.57. The number of benzene rings is 1. The van der Waals surface area contributed by atoms with Gasteiger partial charge >= 0.3 is 12.0 Å². The first kappa shape index (κ1) is 20.0. The summed E-state index contributed by atoms with van der Waals surface area (Å²) in [7, 11) is 0. The fourth-order valence-corrected chi connectivity index (χ4v) is 2.63. The van der Waals surface area contributed by atoms with Gasteiger partial charge < -0.3 is 21.1 Å². The van der Waals surface area contributed by atoms with Crippen LogP contribution in [0.15, 0.2) is 18.2 Å². The van der Waals surface area contributed by atoms with Gasteiger partial charge in [-0.15, -0.1) is 0 Å². The molecule has 4 N–H and O–H groups in total. The number of amides is 3. The fourth-order valence-electron chi connectivity index (χ4n) is 2.42. The van der Waals surface area contributed by atoms with Gasteiger partial charge in [0, 0.05) is 11.2 Å². The molecule has 3 amide bonds. The number of urea groups is 1. The number of hydrogen-bond donors (Lipinski definition) is 4. The Labute approximate surface area is 157 Å². The summed E-state index contributed by atoms with van der Waals surface area (Å²) in [4.78, 5) is 35.8. The molecule has 8 heteroatoms. The van der Waals surface area contributed by atoms with Gasteiger partial charge in [0.1, 0.15) is 6.04 Å². The number of hydrogen-bond acceptors (Lipinski definition) is 3. The van der Waals surface area contributed by atoms with Crippen molar-refractivity contribution in [1.29, 1.82) is 0 Å². The van der Waals surface area contributed by atoms with E-state index in [1.807, 2.05) is 20.8 Å². The van der Waals surface area contributed by atoms with Crippen LogP contribution in [0.2, 0.25) is 5.02 Å². The largest absolute Gasteiger partial charge is 0.480 e. The number of carboxylic acid groups (broad SMARTS) is 1. The molecular formula is C18H24ClN3O4. The first-order valence-corrected chi connectivity index (χ1v) is 8.85. The van der Waals surface area contributed by atoms with Crippen molar-refractivity contribution in [1.82, 2.24) is 10.6 Å². The molecule has 142 valence electrons. The maximum Gasteiger partial charge on any atom is 0.326 e. The molecule has 0 spiro atoms. The summed E-state index contributed by atoms with van der Waals surface area (Å²) >= 11 is 6.08. The fraction of sp³-hybridized carbons (Fsp3) is 0.500. The topological polar surface area (TPSA) is 108 Å². The summed E-state index contributed by atoms with van der Waals surface area (Å²) in [5, 5.41) is 17.4. The Balaban J connectivity index is 2.08. The highest BCUT2D eigenvalue weighted by Crippen LogP contribution is 2.33. The molecule has 1 atom stereocenters. The van der Waals surface area contributed by atoms with Gasteiger partial charge in [-0.2, -0.15) is 0 Å². The SMILES string of the molecule is CC(C)(C)NC(=O)Nc1ccc(Cl)c(C(=O)NC(CC2CC2)C(=O)O)c1. The van der Waals surface area contributed by atoms with E-state index < -0.39 is 29.5 Å². The van der Waals surface area contributed by atoms with Crippen molar-refractivity contribution in [2.45, 2.75) is 51.6 Å². The number of carbonyl (C=O) groups excluding carboxylic acids is 2. The average molecular weight is 382 g/mol. The zero-order valence-corrected chi connectivity index (χ0v) is 15.8. The van der Waals surface area contributed by atoms with E-state index in [1.165, 1.54) is 12.1 Å². The number of aliphatic carboxylic acids is 1. The minimum absolute atomic E-state index is 0.113. The third kappa shape index (κ3) is 6.22. The highest BCUT2D eigenvalue weighted by atomic mass is 35.5. The summed E-state index contributed by atoms with van der Waals surface area (Å²) in [6.45, 7) is 5.54. The van der Waals surface area contributed by atoms with Crippen LogP contribution in [0.25, 0.3) is 0 Å². The van der Waals surface area contributed by atoms with Crippen LogP contribution < -0.4 is 16.0 Å². The highest BCUT2D eigenvalue weighted by molar-refractivity contribution is 6.34. The first-order valence-electron chi connectivity index (χ1n) is 8.47. The predicted octanol–water partition coefficient (Wildman–Crippen LogP) is 3.24. The molecule has 0 heterocycles. The van der Waals surface area contributed by atoms with Crippen LogP contribution in [0, 0.1) is 5.92 Å². The third-order valence-corrected chi connectivity index (χ3v) is 4.16. The van der Waals surface area contributed by atoms with Crippen molar-refractivity contribution >= 4 is 35.2 Å². The van der Waals surface area contributed by atoms with Crippen LogP contribution in [0.4, 0.5) is 10.5 Å². The number of carbonyl (C=O) groups is 3. The smallest absolute Gasteiger partial charge is 0.326 e. The van der Waals surface area contributed by atoms with E-state index in [9.17, 15) is 19.5 Å². The van der Waals surface area contributed by atoms with E-state index in [0.717, 1.165) is 12.8 Å². The Hall–Kier alpha value is -2.28. The molecule has 1 fully saturated rings. The summed E-state index contributed by atoms with van der Waals surface area (Å²) in [6.07, 6.45) is 2.38. The molecule has 1 saturated carbocycles. The van der Waals surface area contributed by atoms with Gasteiger partial charge in [-0.05, 0) is 51.3 Å².